The van der Waals surface area contributed by atoms with Crippen LogP contribution in [0.1, 0.15) is 28.0 Å². The molecular formula is C16H13BrFN3O3. The lowest BCUT2D eigenvalue weighted by Gasteiger charge is -2.17. The summed E-state index contributed by atoms with van der Waals surface area (Å²) in [4.78, 5) is 35.3. The summed E-state index contributed by atoms with van der Waals surface area (Å²) in [5.41, 5.74) is 0.736. The van der Waals surface area contributed by atoms with Gasteiger partial charge in [0.25, 0.3) is 5.56 Å². The molecule has 124 valence electrons. The van der Waals surface area contributed by atoms with Crippen molar-refractivity contribution in [3.05, 3.63) is 60.6 Å². The topological polar surface area (TPSA) is 80.5 Å². The first-order valence-electron chi connectivity index (χ1n) is 7.30. The van der Waals surface area contributed by atoms with E-state index in [1.165, 1.54) is 23.6 Å². The van der Waals surface area contributed by atoms with Crippen molar-refractivity contribution in [1.29, 1.82) is 0 Å². The van der Waals surface area contributed by atoms with E-state index in [9.17, 15) is 18.9 Å². The van der Waals surface area contributed by atoms with Crippen molar-refractivity contribution in [2.75, 3.05) is 5.32 Å². The van der Waals surface area contributed by atoms with Gasteiger partial charge in [-0.1, -0.05) is 15.9 Å². The van der Waals surface area contributed by atoms with E-state index in [1.807, 2.05) is 0 Å². The Morgan fingerprint density at radius 3 is 2.83 bits per heavy atom. The molecular weight excluding hydrogens is 381 g/mol. The molecule has 6 nitrogen and oxygen atoms in total. The van der Waals surface area contributed by atoms with E-state index in [0.29, 0.717) is 29.6 Å². The normalized spacial score (nSPS) is 12.8. The Bertz CT molecular complexity index is 924. The third-order valence-electron chi connectivity index (χ3n) is 4.09. The summed E-state index contributed by atoms with van der Waals surface area (Å²) in [7, 11) is 0. The maximum atomic E-state index is 14.1. The zero-order valence-electron chi connectivity index (χ0n) is 12.7. The third-order valence-corrected chi connectivity index (χ3v) is 4.58. The largest absolute Gasteiger partial charge is 0.352 e. The molecule has 1 aliphatic rings. The summed E-state index contributed by atoms with van der Waals surface area (Å²) in [5.74, 6) is -1.52. The summed E-state index contributed by atoms with van der Waals surface area (Å²) >= 11 is 3.17. The average Bonchev–Trinajstić information content (AvgIpc) is 3.03. The van der Waals surface area contributed by atoms with Gasteiger partial charge in [0.05, 0.1) is 16.9 Å². The second kappa shape index (κ2) is 6.27. The van der Waals surface area contributed by atoms with E-state index in [0.717, 1.165) is 0 Å². The van der Waals surface area contributed by atoms with Crippen LogP contribution in [-0.2, 0) is 13.0 Å². The number of halogens is 2. The first kappa shape index (κ1) is 16.5. The van der Waals surface area contributed by atoms with E-state index < -0.39 is 11.7 Å². The molecule has 3 rings (SSSR count). The fourth-order valence-electron chi connectivity index (χ4n) is 2.96. The summed E-state index contributed by atoms with van der Waals surface area (Å²) in [6.45, 7) is 2.02. The Balaban J connectivity index is 2.23. The number of hydrogen-bond donors (Lipinski definition) is 1. The van der Waals surface area contributed by atoms with E-state index in [-0.39, 0.29) is 28.1 Å². The van der Waals surface area contributed by atoms with Crippen LogP contribution in [0.3, 0.4) is 0 Å². The van der Waals surface area contributed by atoms with Crippen molar-refractivity contribution in [3.63, 3.8) is 0 Å². The van der Waals surface area contributed by atoms with Crippen molar-refractivity contribution >= 4 is 33.2 Å². The standard InChI is InChI=1S/C16H13BrFN3O3/c1-8-14(19-11-5-4-9(17)7-10(11)18)13(15(22)20-24)12-3-2-6-21(12)16(8)23/h4-5,7,19H,2-3,6H2,1H3. The van der Waals surface area contributed by atoms with Crippen LogP contribution < -0.4 is 10.9 Å². The first-order chi connectivity index (χ1) is 11.4. The van der Waals surface area contributed by atoms with Gasteiger partial charge in [0.1, 0.15) is 5.82 Å². The van der Waals surface area contributed by atoms with Crippen molar-refractivity contribution < 1.29 is 9.18 Å². The van der Waals surface area contributed by atoms with Crippen LogP contribution in [0.4, 0.5) is 15.8 Å². The third kappa shape index (κ3) is 2.66. The summed E-state index contributed by atoms with van der Waals surface area (Å²) in [6, 6.07) is 4.37. The minimum atomic E-state index is -0.969. The predicted molar refractivity (Wildman–Crippen MR) is 91.3 cm³/mol. The number of pyridine rings is 1. The number of carbonyl (C=O) groups excluding carboxylic acids is 1. The molecule has 8 heteroatoms. The Labute approximate surface area is 144 Å². The number of hydrogen-bond acceptors (Lipinski definition) is 4. The molecule has 0 spiro atoms. The van der Waals surface area contributed by atoms with Crippen molar-refractivity contribution in [1.82, 2.24) is 4.57 Å². The number of aromatic nitrogens is 1. The molecule has 0 aliphatic carbocycles. The number of amides is 1. The van der Waals surface area contributed by atoms with Gasteiger partial charge in [-0.05, 0) is 38.0 Å². The molecule has 1 aromatic heterocycles. The predicted octanol–water partition coefficient (Wildman–Crippen LogP) is 3.65. The molecule has 2 heterocycles. The molecule has 24 heavy (non-hydrogen) atoms. The van der Waals surface area contributed by atoms with Gasteiger partial charge >= 0.3 is 5.91 Å². The van der Waals surface area contributed by atoms with Crippen molar-refractivity contribution in [2.24, 2.45) is 5.18 Å². The SMILES string of the molecule is Cc1c(Nc2ccc(Br)cc2F)c(C(=O)N=O)c2n(c1=O)CCC2. The minimum Gasteiger partial charge on any atom is -0.352 e. The molecule has 1 aliphatic heterocycles. The Morgan fingerprint density at radius 2 is 2.17 bits per heavy atom. The average molecular weight is 394 g/mol. The van der Waals surface area contributed by atoms with Gasteiger partial charge in [-0.25, -0.2) is 4.39 Å². The van der Waals surface area contributed by atoms with E-state index >= 15 is 0 Å². The molecule has 0 fully saturated rings. The molecule has 0 saturated carbocycles. The number of rotatable bonds is 3. The lowest BCUT2D eigenvalue weighted by Crippen LogP contribution is -2.26. The maximum Gasteiger partial charge on any atom is 0.320 e. The van der Waals surface area contributed by atoms with Gasteiger partial charge in [0.15, 0.2) is 0 Å². The van der Waals surface area contributed by atoms with Crippen LogP contribution in [0.5, 0.6) is 0 Å². The second-order valence-corrected chi connectivity index (χ2v) is 6.44. The van der Waals surface area contributed by atoms with E-state index in [1.54, 1.807) is 6.07 Å². The molecule has 1 amide bonds. The van der Waals surface area contributed by atoms with Gasteiger partial charge in [-0.2, -0.15) is 0 Å². The van der Waals surface area contributed by atoms with Crippen molar-refractivity contribution in [2.45, 2.75) is 26.3 Å². The molecule has 0 bridgehead atoms. The molecule has 0 radical (unpaired) electrons. The number of carbonyl (C=O) groups is 1. The van der Waals surface area contributed by atoms with Gasteiger partial charge in [-0.15, -0.1) is 4.91 Å². The quantitative estimate of drug-likeness (QED) is 0.806. The number of nitrogens with zero attached hydrogens (tertiary/aromatic N) is 2. The van der Waals surface area contributed by atoms with Gasteiger partial charge in [-0.3, -0.25) is 9.59 Å². The van der Waals surface area contributed by atoms with E-state index in [2.05, 4.69) is 26.4 Å². The highest BCUT2D eigenvalue weighted by atomic mass is 79.9. The van der Waals surface area contributed by atoms with Gasteiger partial charge < -0.3 is 9.88 Å². The lowest BCUT2D eigenvalue weighted by atomic mass is 10.0. The molecule has 1 N–H and O–H groups in total. The van der Waals surface area contributed by atoms with Crippen LogP contribution in [-0.4, -0.2) is 10.5 Å². The van der Waals surface area contributed by atoms with Crippen LogP contribution in [0, 0.1) is 17.6 Å². The fraction of sp³-hybridized carbons (Fsp3) is 0.250. The fourth-order valence-corrected chi connectivity index (χ4v) is 3.29. The zero-order valence-corrected chi connectivity index (χ0v) is 14.3. The Hall–Kier alpha value is -2.35. The zero-order chi connectivity index (χ0) is 17.4. The van der Waals surface area contributed by atoms with Gasteiger partial charge in [0, 0.05) is 27.5 Å². The molecule has 0 unspecified atom stereocenters. The monoisotopic (exact) mass is 393 g/mol. The van der Waals surface area contributed by atoms with Crippen LogP contribution in [0.15, 0.2) is 32.6 Å². The molecule has 1 aromatic carbocycles. The number of anilines is 2. The molecule has 2 aromatic rings. The highest BCUT2D eigenvalue weighted by Gasteiger charge is 2.28. The number of fused-ring (bicyclic) bond motifs is 1. The summed E-state index contributed by atoms with van der Waals surface area (Å²) in [5, 5.41) is 5.29. The van der Waals surface area contributed by atoms with Crippen molar-refractivity contribution in [3.8, 4) is 0 Å². The molecule has 0 atom stereocenters. The number of benzene rings is 1. The van der Waals surface area contributed by atoms with Crippen LogP contribution >= 0.6 is 15.9 Å². The second-order valence-electron chi connectivity index (χ2n) is 5.53. The smallest absolute Gasteiger partial charge is 0.320 e. The summed E-state index contributed by atoms with van der Waals surface area (Å²) in [6.07, 6.45) is 1.19. The minimum absolute atomic E-state index is 0.0434. The lowest BCUT2D eigenvalue weighted by molar-refractivity contribution is 0.1000. The Kier molecular flexibility index (Phi) is 4.31. The summed E-state index contributed by atoms with van der Waals surface area (Å²) < 4.78 is 16.2. The Morgan fingerprint density at radius 1 is 1.42 bits per heavy atom. The van der Waals surface area contributed by atoms with Gasteiger partial charge in [0.2, 0.25) is 0 Å². The molecule has 0 saturated heterocycles. The number of nitrogens with one attached hydrogen (secondary N) is 1. The van der Waals surface area contributed by atoms with Crippen LogP contribution in [0.25, 0.3) is 0 Å². The van der Waals surface area contributed by atoms with Crippen LogP contribution in [0.2, 0.25) is 0 Å². The van der Waals surface area contributed by atoms with E-state index in [4.69, 9.17) is 0 Å². The first-order valence-corrected chi connectivity index (χ1v) is 8.09. The maximum absolute atomic E-state index is 14.1. The highest BCUT2D eigenvalue weighted by Crippen LogP contribution is 2.31. The highest BCUT2D eigenvalue weighted by molar-refractivity contribution is 9.10. The number of nitroso groups, excluding NO2 is 1.